The number of hydrogen-bond acceptors (Lipinski definition) is 4. The van der Waals surface area contributed by atoms with Crippen molar-refractivity contribution >= 4 is 0 Å². The van der Waals surface area contributed by atoms with Gasteiger partial charge < -0.3 is 20.3 Å². The molecule has 0 radical (unpaired) electrons. The second-order valence-electron chi connectivity index (χ2n) is 4.94. The predicted octanol–water partition coefficient (Wildman–Crippen LogP) is 1.70. The summed E-state index contributed by atoms with van der Waals surface area (Å²) in [7, 11) is 1.67. The molecule has 19 heavy (non-hydrogen) atoms. The molecule has 0 aliphatic heterocycles. The number of aromatic hydroxyl groups is 1. The normalized spacial score (nSPS) is 14.3. The Kier molecular flexibility index (Phi) is 7.48. The van der Waals surface area contributed by atoms with Crippen molar-refractivity contribution in [2.24, 2.45) is 0 Å². The molecule has 0 saturated carbocycles. The lowest BCUT2D eigenvalue weighted by Crippen LogP contribution is -2.40. The summed E-state index contributed by atoms with van der Waals surface area (Å²) in [6.45, 7) is 2.93. The van der Waals surface area contributed by atoms with Crippen LogP contribution in [0.25, 0.3) is 0 Å². The molecule has 0 saturated heterocycles. The van der Waals surface area contributed by atoms with E-state index in [9.17, 15) is 5.11 Å². The van der Waals surface area contributed by atoms with Crippen molar-refractivity contribution in [3.05, 3.63) is 29.8 Å². The zero-order valence-electron chi connectivity index (χ0n) is 11.8. The Bertz CT molecular complexity index is 334. The van der Waals surface area contributed by atoms with Crippen molar-refractivity contribution in [1.29, 1.82) is 0 Å². The van der Waals surface area contributed by atoms with Crippen LogP contribution in [0.1, 0.15) is 25.3 Å². The number of aliphatic hydroxyl groups excluding tert-OH is 1. The summed E-state index contributed by atoms with van der Waals surface area (Å²) in [6.07, 6.45) is 2.68. The summed E-state index contributed by atoms with van der Waals surface area (Å²) >= 11 is 0. The van der Waals surface area contributed by atoms with E-state index in [0.29, 0.717) is 24.8 Å². The van der Waals surface area contributed by atoms with Crippen LogP contribution in [0.3, 0.4) is 0 Å². The van der Waals surface area contributed by atoms with Gasteiger partial charge in [-0.25, -0.2) is 0 Å². The van der Waals surface area contributed by atoms with Crippen molar-refractivity contribution < 1.29 is 14.9 Å². The van der Waals surface area contributed by atoms with Gasteiger partial charge in [0.25, 0.3) is 0 Å². The SMILES string of the molecule is COCC(CCO)NC(C)CCc1ccc(O)cc1. The van der Waals surface area contributed by atoms with Crippen LogP contribution in [-0.2, 0) is 11.2 Å². The topological polar surface area (TPSA) is 61.7 Å². The van der Waals surface area contributed by atoms with E-state index in [4.69, 9.17) is 9.84 Å². The number of aliphatic hydroxyl groups is 1. The minimum absolute atomic E-state index is 0.172. The van der Waals surface area contributed by atoms with Gasteiger partial charge in [-0.15, -0.1) is 0 Å². The lowest BCUT2D eigenvalue weighted by molar-refractivity contribution is 0.143. The molecule has 0 aliphatic carbocycles. The van der Waals surface area contributed by atoms with Gasteiger partial charge in [-0.3, -0.25) is 0 Å². The summed E-state index contributed by atoms with van der Waals surface area (Å²) in [6, 6.07) is 7.88. The number of nitrogens with one attached hydrogen (secondary N) is 1. The highest BCUT2D eigenvalue weighted by molar-refractivity contribution is 5.25. The minimum Gasteiger partial charge on any atom is -0.508 e. The number of phenolic OH excluding ortho intramolecular Hbond substituents is 1. The van der Waals surface area contributed by atoms with E-state index in [0.717, 1.165) is 12.8 Å². The third-order valence-electron chi connectivity index (χ3n) is 3.17. The largest absolute Gasteiger partial charge is 0.508 e. The second kappa shape index (κ2) is 8.91. The summed E-state index contributed by atoms with van der Waals surface area (Å²) in [5.74, 6) is 0.304. The Balaban J connectivity index is 2.33. The molecule has 2 unspecified atom stereocenters. The van der Waals surface area contributed by atoms with Gasteiger partial charge in [0, 0.05) is 25.8 Å². The van der Waals surface area contributed by atoms with Crippen molar-refractivity contribution in [3.8, 4) is 5.75 Å². The molecule has 0 fully saturated rings. The van der Waals surface area contributed by atoms with Crippen LogP contribution in [0.4, 0.5) is 0 Å². The monoisotopic (exact) mass is 267 g/mol. The Morgan fingerprint density at radius 2 is 1.89 bits per heavy atom. The van der Waals surface area contributed by atoms with Crippen LogP contribution in [0.2, 0.25) is 0 Å². The molecule has 0 bridgehead atoms. The standard InChI is InChI=1S/C15H25NO3/c1-12(16-14(9-10-17)11-19-2)3-4-13-5-7-15(18)8-6-13/h5-8,12,14,16-18H,3-4,9-11H2,1-2H3. The van der Waals surface area contributed by atoms with Gasteiger partial charge in [0.1, 0.15) is 5.75 Å². The Morgan fingerprint density at radius 3 is 2.47 bits per heavy atom. The number of methoxy groups -OCH3 is 1. The Labute approximate surface area is 115 Å². The Hall–Kier alpha value is -1.10. The highest BCUT2D eigenvalue weighted by Gasteiger charge is 2.11. The molecule has 1 aromatic rings. The first-order valence-electron chi connectivity index (χ1n) is 6.79. The van der Waals surface area contributed by atoms with Crippen LogP contribution in [0, 0.1) is 0 Å². The first-order chi connectivity index (χ1) is 9.15. The molecule has 0 amide bonds. The smallest absolute Gasteiger partial charge is 0.115 e. The third kappa shape index (κ3) is 6.57. The third-order valence-corrected chi connectivity index (χ3v) is 3.17. The quantitative estimate of drug-likeness (QED) is 0.637. The molecule has 3 N–H and O–H groups in total. The first-order valence-corrected chi connectivity index (χ1v) is 6.79. The zero-order chi connectivity index (χ0) is 14.1. The molecule has 4 nitrogen and oxygen atoms in total. The molecule has 0 aromatic heterocycles. The van der Waals surface area contributed by atoms with Gasteiger partial charge in [0.15, 0.2) is 0 Å². The number of phenols is 1. The highest BCUT2D eigenvalue weighted by atomic mass is 16.5. The lowest BCUT2D eigenvalue weighted by Gasteiger charge is -2.22. The van der Waals surface area contributed by atoms with E-state index in [1.54, 1.807) is 19.2 Å². The average molecular weight is 267 g/mol. The number of hydrogen-bond donors (Lipinski definition) is 3. The maximum Gasteiger partial charge on any atom is 0.115 e. The van der Waals surface area contributed by atoms with Gasteiger partial charge >= 0.3 is 0 Å². The maximum absolute atomic E-state index is 9.22. The summed E-state index contributed by atoms with van der Waals surface area (Å²) in [4.78, 5) is 0. The van der Waals surface area contributed by atoms with Gasteiger partial charge in [-0.05, 0) is 43.9 Å². The fourth-order valence-corrected chi connectivity index (χ4v) is 2.10. The molecular weight excluding hydrogens is 242 g/mol. The summed E-state index contributed by atoms with van der Waals surface area (Å²) < 4.78 is 5.13. The fraction of sp³-hybridized carbons (Fsp3) is 0.600. The number of ether oxygens (including phenoxy) is 1. The molecular formula is C15H25NO3. The molecule has 4 heteroatoms. The minimum atomic E-state index is 0.172. The first kappa shape index (κ1) is 16.0. The van der Waals surface area contributed by atoms with Gasteiger partial charge in [-0.2, -0.15) is 0 Å². The number of benzene rings is 1. The van der Waals surface area contributed by atoms with Crippen LogP contribution in [0.5, 0.6) is 5.75 Å². The van der Waals surface area contributed by atoms with Crippen LogP contribution < -0.4 is 5.32 Å². The predicted molar refractivity (Wildman–Crippen MR) is 76.4 cm³/mol. The van der Waals surface area contributed by atoms with Gasteiger partial charge in [0.05, 0.1) is 6.61 Å². The summed E-state index contributed by atoms with van der Waals surface area (Å²) in [5.41, 5.74) is 1.22. The highest BCUT2D eigenvalue weighted by Crippen LogP contribution is 2.12. The molecule has 108 valence electrons. The summed E-state index contributed by atoms with van der Waals surface area (Å²) in [5, 5.41) is 21.7. The van der Waals surface area contributed by atoms with E-state index in [2.05, 4.69) is 12.2 Å². The zero-order valence-corrected chi connectivity index (χ0v) is 11.8. The van der Waals surface area contributed by atoms with Crippen molar-refractivity contribution in [3.63, 3.8) is 0 Å². The Morgan fingerprint density at radius 1 is 1.21 bits per heavy atom. The molecule has 2 atom stereocenters. The van der Waals surface area contributed by atoms with Crippen molar-refractivity contribution in [2.75, 3.05) is 20.3 Å². The van der Waals surface area contributed by atoms with E-state index < -0.39 is 0 Å². The van der Waals surface area contributed by atoms with E-state index in [-0.39, 0.29) is 12.6 Å². The molecule has 0 spiro atoms. The number of aryl methyl sites for hydroxylation is 1. The van der Waals surface area contributed by atoms with Crippen molar-refractivity contribution in [1.82, 2.24) is 5.32 Å². The van der Waals surface area contributed by atoms with Crippen LogP contribution in [0.15, 0.2) is 24.3 Å². The van der Waals surface area contributed by atoms with E-state index in [1.165, 1.54) is 5.56 Å². The fourth-order valence-electron chi connectivity index (χ4n) is 2.10. The van der Waals surface area contributed by atoms with Crippen LogP contribution in [-0.4, -0.2) is 42.6 Å². The van der Waals surface area contributed by atoms with Crippen LogP contribution >= 0.6 is 0 Å². The molecule has 0 heterocycles. The lowest BCUT2D eigenvalue weighted by atomic mass is 10.0. The van der Waals surface area contributed by atoms with Gasteiger partial charge in [-0.1, -0.05) is 12.1 Å². The molecule has 1 aromatic carbocycles. The number of rotatable bonds is 9. The molecule has 1 rings (SSSR count). The average Bonchev–Trinajstić information content (AvgIpc) is 2.39. The second-order valence-corrected chi connectivity index (χ2v) is 4.94. The maximum atomic E-state index is 9.22. The van der Waals surface area contributed by atoms with E-state index in [1.807, 2.05) is 12.1 Å². The van der Waals surface area contributed by atoms with Gasteiger partial charge in [0.2, 0.25) is 0 Å². The van der Waals surface area contributed by atoms with E-state index >= 15 is 0 Å². The molecule has 0 aliphatic rings. The van der Waals surface area contributed by atoms with Crippen molar-refractivity contribution in [2.45, 2.75) is 38.3 Å².